The number of ketones is 1. The molecule has 1 aromatic rings. The Morgan fingerprint density at radius 2 is 2.13 bits per heavy atom. The molecule has 0 aromatic heterocycles. The van der Waals surface area contributed by atoms with Crippen LogP contribution >= 0.6 is 11.6 Å². The molecule has 3 heteroatoms. The maximum Gasteiger partial charge on any atom is 0.166 e. The van der Waals surface area contributed by atoms with E-state index >= 15 is 0 Å². The lowest BCUT2D eigenvalue weighted by Crippen LogP contribution is -2.02. The van der Waals surface area contributed by atoms with Crippen LogP contribution in [0.25, 0.3) is 0 Å². The summed E-state index contributed by atoms with van der Waals surface area (Å²) in [6, 6.07) is 3.55. The monoisotopic (exact) mass is 224 g/mol. The van der Waals surface area contributed by atoms with Crippen molar-refractivity contribution in [2.75, 3.05) is 7.11 Å². The molecule has 15 heavy (non-hydrogen) atoms. The van der Waals surface area contributed by atoms with Crippen molar-refractivity contribution in [2.45, 2.75) is 19.8 Å². The number of carbonyl (C=O) groups excluding carboxylic acids is 1. The van der Waals surface area contributed by atoms with Gasteiger partial charge in [0, 0.05) is 11.5 Å². The quantitative estimate of drug-likeness (QED) is 0.737. The molecule has 0 heterocycles. The molecule has 1 aliphatic rings. The summed E-state index contributed by atoms with van der Waals surface area (Å²) in [6.45, 7) is 1.90. The number of benzene rings is 1. The molecule has 0 spiro atoms. The van der Waals surface area contributed by atoms with E-state index in [9.17, 15) is 4.79 Å². The number of aryl methyl sites for hydroxylation is 1. The van der Waals surface area contributed by atoms with Crippen LogP contribution in [0.3, 0.4) is 0 Å². The van der Waals surface area contributed by atoms with Gasteiger partial charge in [0.25, 0.3) is 0 Å². The predicted octanol–water partition coefficient (Wildman–Crippen LogP) is 3.25. The summed E-state index contributed by atoms with van der Waals surface area (Å²) in [5, 5.41) is 0.515. The number of hydrogen-bond acceptors (Lipinski definition) is 2. The number of methoxy groups -OCH3 is 1. The molecule has 1 fully saturated rings. The summed E-state index contributed by atoms with van der Waals surface area (Å²) in [5.41, 5.74) is 1.62. The van der Waals surface area contributed by atoms with Gasteiger partial charge in [-0.2, -0.15) is 0 Å². The largest absolute Gasteiger partial charge is 0.495 e. The second-order valence-electron chi connectivity index (χ2n) is 3.95. The van der Waals surface area contributed by atoms with Gasteiger partial charge in [-0.15, -0.1) is 0 Å². The van der Waals surface area contributed by atoms with E-state index in [0.717, 1.165) is 18.4 Å². The van der Waals surface area contributed by atoms with Crippen molar-refractivity contribution in [3.05, 3.63) is 28.3 Å². The zero-order valence-electron chi connectivity index (χ0n) is 8.84. The van der Waals surface area contributed by atoms with Gasteiger partial charge in [0.1, 0.15) is 5.75 Å². The minimum Gasteiger partial charge on any atom is -0.495 e. The first-order chi connectivity index (χ1) is 7.13. The second kappa shape index (κ2) is 3.86. The number of halogens is 1. The van der Waals surface area contributed by atoms with E-state index in [-0.39, 0.29) is 11.7 Å². The van der Waals surface area contributed by atoms with Crippen molar-refractivity contribution in [3.8, 4) is 5.75 Å². The fourth-order valence-corrected chi connectivity index (χ4v) is 2.06. The van der Waals surface area contributed by atoms with E-state index in [1.54, 1.807) is 13.2 Å². The van der Waals surface area contributed by atoms with Crippen LogP contribution in [0.1, 0.15) is 28.8 Å². The van der Waals surface area contributed by atoms with Crippen LogP contribution in [0.15, 0.2) is 12.1 Å². The van der Waals surface area contributed by atoms with Crippen molar-refractivity contribution >= 4 is 17.4 Å². The molecule has 0 aliphatic heterocycles. The summed E-state index contributed by atoms with van der Waals surface area (Å²) < 4.78 is 5.14. The molecular formula is C12H13ClO2. The normalized spacial score (nSPS) is 15.1. The highest BCUT2D eigenvalue weighted by Gasteiger charge is 2.30. The SMILES string of the molecule is COc1c(C)cc(C(=O)C2CC2)cc1Cl. The molecule has 1 aromatic carbocycles. The fourth-order valence-electron chi connectivity index (χ4n) is 1.71. The molecule has 0 unspecified atom stereocenters. The third-order valence-electron chi connectivity index (χ3n) is 2.67. The highest BCUT2D eigenvalue weighted by molar-refractivity contribution is 6.32. The Morgan fingerprint density at radius 1 is 1.47 bits per heavy atom. The van der Waals surface area contributed by atoms with E-state index in [1.807, 2.05) is 13.0 Å². The van der Waals surface area contributed by atoms with E-state index in [1.165, 1.54) is 0 Å². The van der Waals surface area contributed by atoms with Crippen molar-refractivity contribution in [2.24, 2.45) is 5.92 Å². The smallest absolute Gasteiger partial charge is 0.166 e. The van der Waals surface area contributed by atoms with Gasteiger partial charge in [-0.05, 0) is 37.5 Å². The predicted molar refractivity (Wildman–Crippen MR) is 59.8 cm³/mol. The van der Waals surface area contributed by atoms with Crippen LogP contribution in [-0.4, -0.2) is 12.9 Å². The second-order valence-corrected chi connectivity index (χ2v) is 4.35. The van der Waals surface area contributed by atoms with Crippen LogP contribution in [0.5, 0.6) is 5.75 Å². The van der Waals surface area contributed by atoms with Gasteiger partial charge >= 0.3 is 0 Å². The number of carbonyl (C=O) groups is 1. The Hall–Kier alpha value is -1.02. The summed E-state index contributed by atoms with van der Waals surface area (Å²) in [6.07, 6.45) is 2.03. The van der Waals surface area contributed by atoms with Crippen molar-refractivity contribution in [1.82, 2.24) is 0 Å². The van der Waals surface area contributed by atoms with Crippen molar-refractivity contribution < 1.29 is 9.53 Å². The molecule has 1 aliphatic carbocycles. The van der Waals surface area contributed by atoms with Crippen molar-refractivity contribution in [1.29, 1.82) is 0 Å². The average molecular weight is 225 g/mol. The summed E-state index contributed by atoms with van der Waals surface area (Å²) >= 11 is 6.03. The van der Waals surface area contributed by atoms with Crippen molar-refractivity contribution in [3.63, 3.8) is 0 Å². The first-order valence-electron chi connectivity index (χ1n) is 5.02. The van der Waals surface area contributed by atoms with Gasteiger partial charge < -0.3 is 4.74 Å². The Bertz CT molecular complexity index is 385. The van der Waals surface area contributed by atoms with Crippen LogP contribution in [-0.2, 0) is 0 Å². The molecule has 80 valence electrons. The summed E-state index contributed by atoms with van der Waals surface area (Å²) in [7, 11) is 1.58. The molecule has 0 N–H and O–H groups in total. The van der Waals surface area contributed by atoms with Gasteiger partial charge in [0.2, 0.25) is 0 Å². The third kappa shape index (κ3) is 2.00. The van der Waals surface area contributed by atoms with Gasteiger partial charge in [-0.3, -0.25) is 4.79 Å². The number of Topliss-reactive ketones (excluding diaryl/α,β-unsaturated/α-hetero) is 1. The van der Waals surface area contributed by atoms with Gasteiger partial charge in [0.15, 0.2) is 5.78 Å². The fraction of sp³-hybridized carbons (Fsp3) is 0.417. The lowest BCUT2D eigenvalue weighted by atomic mass is 10.0. The Labute approximate surface area is 94.2 Å². The van der Waals surface area contributed by atoms with Gasteiger partial charge in [0.05, 0.1) is 12.1 Å². The zero-order chi connectivity index (χ0) is 11.0. The van der Waals surface area contributed by atoms with Crippen LogP contribution in [0.2, 0.25) is 5.02 Å². The first kappa shape index (κ1) is 10.5. The molecule has 0 radical (unpaired) electrons. The van der Waals surface area contributed by atoms with E-state index < -0.39 is 0 Å². The number of hydrogen-bond donors (Lipinski definition) is 0. The summed E-state index contributed by atoms with van der Waals surface area (Å²) in [4.78, 5) is 11.8. The maximum absolute atomic E-state index is 11.8. The highest BCUT2D eigenvalue weighted by atomic mass is 35.5. The van der Waals surface area contributed by atoms with Gasteiger partial charge in [-0.1, -0.05) is 11.6 Å². The molecular weight excluding hydrogens is 212 g/mol. The molecule has 1 saturated carbocycles. The lowest BCUT2D eigenvalue weighted by molar-refractivity contribution is 0.0967. The van der Waals surface area contributed by atoms with E-state index in [2.05, 4.69) is 0 Å². The maximum atomic E-state index is 11.8. The standard InChI is InChI=1S/C12H13ClO2/c1-7-5-9(11(14)8-3-4-8)6-10(13)12(7)15-2/h5-6,8H,3-4H2,1-2H3. The molecule has 0 bridgehead atoms. The highest BCUT2D eigenvalue weighted by Crippen LogP contribution is 2.36. The average Bonchev–Trinajstić information content (AvgIpc) is 2.99. The Kier molecular flexibility index (Phi) is 2.70. The van der Waals surface area contributed by atoms with E-state index in [0.29, 0.717) is 16.3 Å². The first-order valence-corrected chi connectivity index (χ1v) is 5.39. The van der Waals surface area contributed by atoms with Crippen LogP contribution in [0, 0.1) is 12.8 Å². The lowest BCUT2D eigenvalue weighted by Gasteiger charge is -2.09. The Balaban J connectivity index is 2.37. The van der Waals surface area contributed by atoms with Gasteiger partial charge in [-0.25, -0.2) is 0 Å². The number of ether oxygens (including phenoxy) is 1. The molecule has 0 amide bonds. The number of rotatable bonds is 3. The molecule has 2 nitrogen and oxygen atoms in total. The minimum absolute atomic E-state index is 0.211. The third-order valence-corrected chi connectivity index (χ3v) is 2.95. The van der Waals surface area contributed by atoms with Crippen LogP contribution in [0.4, 0.5) is 0 Å². The summed E-state index contributed by atoms with van der Waals surface area (Å²) in [5.74, 6) is 1.10. The minimum atomic E-state index is 0.211. The van der Waals surface area contributed by atoms with E-state index in [4.69, 9.17) is 16.3 Å². The molecule has 0 saturated heterocycles. The van der Waals surface area contributed by atoms with Crippen LogP contribution < -0.4 is 4.74 Å². The zero-order valence-corrected chi connectivity index (χ0v) is 9.60. The Morgan fingerprint density at radius 3 is 2.60 bits per heavy atom. The topological polar surface area (TPSA) is 26.3 Å². The molecule has 0 atom stereocenters. The molecule has 2 rings (SSSR count).